The van der Waals surface area contributed by atoms with Crippen LogP contribution in [0.4, 0.5) is 0 Å². The van der Waals surface area contributed by atoms with E-state index in [1.54, 1.807) is 12.0 Å². The number of aromatic nitrogens is 3. The summed E-state index contributed by atoms with van der Waals surface area (Å²) in [7, 11) is 1.55. The summed E-state index contributed by atoms with van der Waals surface area (Å²) in [5, 5.41) is 7.15. The Bertz CT molecular complexity index is 701. The minimum absolute atomic E-state index is 0.0643. The van der Waals surface area contributed by atoms with Crippen molar-refractivity contribution in [3.63, 3.8) is 0 Å². The standard InChI is InChI=1S/C18H24N4O3/c1-12(2)16-19-17(21-20-16)14-11-22(9-10-25-14)18(23)15(24-3)13-7-5-4-6-8-13/h4-8,12,14-15H,9-11H2,1-3H3,(H,19,20,21)/t14-,15+/m0/s1. The molecule has 134 valence electrons. The van der Waals surface area contributed by atoms with E-state index in [-0.39, 0.29) is 17.9 Å². The number of H-pyrrole nitrogens is 1. The van der Waals surface area contributed by atoms with Gasteiger partial charge in [-0.1, -0.05) is 44.2 Å². The van der Waals surface area contributed by atoms with Crippen molar-refractivity contribution in [1.29, 1.82) is 0 Å². The second kappa shape index (κ2) is 7.76. The molecule has 2 aromatic rings. The number of aromatic amines is 1. The molecule has 25 heavy (non-hydrogen) atoms. The average Bonchev–Trinajstić information content (AvgIpc) is 3.14. The predicted molar refractivity (Wildman–Crippen MR) is 91.9 cm³/mol. The molecule has 0 spiro atoms. The van der Waals surface area contributed by atoms with Crippen molar-refractivity contribution in [2.75, 3.05) is 26.8 Å². The highest BCUT2D eigenvalue weighted by atomic mass is 16.5. The second-order valence-corrected chi connectivity index (χ2v) is 6.40. The number of hydrogen-bond donors (Lipinski definition) is 1. The molecule has 1 amide bonds. The van der Waals surface area contributed by atoms with Crippen molar-refractivity contribution in [3.05, 3.63) is 47.5 Å². The fraction of sp³-hybridized carbons (Fsp3) is 0.500. The fourth-order valence-corrected chi connectivity index (χ4v) is 2.88. The van der Waals surface area contributed by atoms with Crippen LogP contribution >= 0.6 is 0 Å². The zero-order chi connectivity index (χ0) is 17.8. The van der Waals surface area contributed by atoms with E-state index in [1.807, 2.05) is 44.2 Å². The van der Waals surface area contributed by atoms with Gasteiger partial charge in [-0.3, -0.25) is 9.89 Å². The molecule has 0 saturated carbocycles. The maximum Gasteiger partial charge on any atom is 0.256 e. The highest BCUT2D eigenvalue weighted by Gasteiger charge is 2.32. The molecule has 0 aliphatic carbocycles. The van der Waals surface area contributed by atoms with Gasteiger partial charge in [-0.2, -0.15) is 5.10 Å². The number of carbonyl (C=O) groups is 1. The second-order valence-electron chi connectivity index (χ2n) is 6.40. The molecule has 1 aromatic carbocycles. The van der Waals surface area contributed by atoms with Gasteiger partial charge < -0.3 is 14.4 Å². The molecule has 1 aliphatic heterocycles. The molecule has 1 N–H and O–H groups in total. The van der Waals surface area contributed by atoms with E-state index in [0.717, 1.165) is 11.4 Å². The summed E-state index contributed by atoms with van der Waals surface area (Å²) < 4.78 is 11.2. The molecule has 1 fully saturated rings. The van der Waals surface area contributed by atoms with Crippen LogP contribution < -0.4 is 0 Å². The van der Waals surface area contributed by atoms with Crippen molar-refractivity contribution in [2.45, 2.75) is 32.0 Å². The molecule has 0 radical (unpaired) electrons. The van der Waals surface area contributed by atoms with Gasteiger partial charge in [-0.15, -0.1) is 0 Å². The van der Waals surface area contributed by atoms with Crippen molar-refractivity contribution in [1.82, 2.24) is 20.1 Å². The van der Waals surface area contributed by atoms with Gasteiger partial charge >= 0.3 is 0 Å². The molecular formula is C18H24N4O3. The summed E-state index contributed by atoms with van der Waals surface area (Å²) in [6.45, 7) is 5.49. The zero-order valence-corrected chi connectivity index (χ0v) is 14.8. The number of rotatable bonds is 5. The topological polar surface area (TPSA) is 80.3 Å². The van der Waals surface area contributed by atoms with Gasteiger partial charge in [0, 0.05) is 19.6 Å². The van der Waals surface area contributed by atoms with Crippen molar-refractivity contribution in [3.8, 4) is 0 Å². The molecule has 2 atom stereocenters. The summed E-state index contributed by atoms with van der Waals surface area (Å²) >= 11 is 0. The van der Waals surface area contributed by atoms with E-state index in [4.69, 9.17) is 9.47 Å². The van der Waals surface area contributed by atoms with Crippen molar-refractivity contribution >= 4 is 5.91 Å². The summed E-state index contributed by atoms with van der Waals surface area (Å²) in [4.78, 5) is 19.2. The maximum absolute atomic E-state index is 12.9. The zero-order valence-electron chi connectivity index (χ0n) is 14.8. The lowest BCUT2D eigenvalue weighted by Gasteiger charge is -2.33. The molecule has 7 heteroatoms. The number of hydrogen-bond acceptors (Lipinski definition) is 5. The number of methoxy groups -OCH3 is 1. The quantitative estimate of drug-likeness (QED) is 0.899. The molecule has 7 nitrogen and oxygen atoms in total. The number of carbonyl (C=O) groups excluding carboxylic acids is 1. The van der Waals surface area contributed by atoms with Crippen LogP contribution in [0.2, 0.25) is 0 Å². The van der Waals surface area contributed by atoms with Crippen LogP contribution in [-0.2, 0) is 14.3 Å². The first kappa shape index (κ1) is 17.6. The summed E-state index contributed by atoms with van der Waals surface area (Å²) in [5.74, 6) is 1.59. The molecule has 1 aromatic heterocycles. The third kappa shape index (κ3) is 3.88. The molecule has 3 rings (SSSR count). The maximum atomic E-state index is 12.9. The number of morpholine rings is 1. The minimum Gasteiger partial charge on any atom is -0.367 e. The largest absolute Gasteiger partial charge is 0.367 e. The Morgan fingerprint density at radius 1 is 1.36 bits per heavy atom. The minimum atomic E-state index is -0.610. The van der Waals surface area contributed by atoms with Crippen molar-refractivity contribution < 1.29 is 14.3 Å². The van der Waals surface area contributed by atoms with Crippen LogP contribution in [0, 0.1) is 0 Å². The van der Waals surface area contributed by atoms with Gasteiger partial charge in [0.2, 0.25) is 0 Å². The summed E-state index contributed by atoms with van der Waals surface area (Å²) in [5.41, 5.74) is 0.847. The number of nitrogens with one attached hydrogen (secondary N) is 1. The number of amides is 1. The summed E-state index contributed by atoms with van der Waals surface area (Å²) in [6, 6.07) is 9.52. The first-order valence-corrected chi connectivity index (χ1v) is 8.50. The smallest absolute Gasteiger partial charge is 0.256 e. The molecular weight excluding hydrogens is 320 g/mol. The Labute approximate surface area is 147 Å². The third-order valence-corrected chi connectivity index (χ3v) is 4.28. The van der Waals surface area contributed by atoms with Crippen molar-refractivity contribution in [2.24, 2.45) is 0 Å². The highest BCUT2D eigenvalue weighted by molar-refractivity contribution is 5.82. The van der Waals surface area contributed by atoms with E-state index < -0.39 is 6.10 Å². The van der Waals surface area contributed by atoms with Crippen LogP contribution in [0.3, 0.4) is 0 Å². The van der Waals surface area contributed by atoms with E-state index >= 15 is 0 Å². The monoisotopic (exact) mass is 344 g/mol. The summed E-state index contributed by atoms with van der Waals surface area (Å²) in [6.07, 6.45) is -0.910. The molecule has 1 saturated heterocycles. The molecule has 2 heterocycles. The van der Waals surface area contributed by atoms with Gasteiger partial charge in [0.05, 0.1) is 13.2 Å². The van der Waals surface area contributed by atoms with Gasteiger partial charge in [0.15, 0.2) is 17.8 Å². The first-order valence-electron chi connectivity index (χ1n) is 8.50. The van der Waals surface area contributed by atoms with Gasteiger partial charge in [0.25, 0.3) is 5.91 Å². The lowest BCUT2D eigenvalue weighted by Crippen LogP contribution is -2.45. The van der Waals surface area contributed by atoms with Crippen LogP contribution in [0.15, 0.2) is 30.3 Å². The Morgan fingerprint density at radius 3 is 2.76 bits per heavy atom. The SMILES string of the molecule is CO[C@@H](C(=O)N1CCO[C@H](c2nc(C(C)C)n[nH]2)C1)c1ccccc1. The molecule has 0 bridgehead atoms. The Morgan fingerprint density at radius 2 is 2.12 bits per heavy atom. The molecule has 0 unspecified atom stereocenters. The highest BCUT2D eigenvalue weighted by Crippen LogP contribution is 2.25. The predicted octanol–water partition coefficient (Wildman–Crippen LogP) is 2.22. The van der Waals surface area contributed by atoms with Crippen LogP contribution in [-0.4, -0.2) is 52.8 Å². The third-order valence-electron chi connectivity index (χ3n) is 4.28. The van der Waals surface area contributed by atoms with Crippen LogP contribution in [0.25, 0.3) is 0 Å². The van der Waals surface area contributed by atoms with Gasteiger partial charge in [0.1, 0.15) is 6.10 Å². The number of benzene rings is 1. The van der Waals surface area contributed by atoms with Gasteiger partial charge in [-0.05, 0) is 5.56 Å². The van der Waals surface area contributed by atoms with E-state index in [1.165, 1.54) is 0 Å². The number of nitrogens with zero attached hydrogens (tertiary/aromatic N) is 3. The lowest BCUT2D eigenvalue weighted by molar-refractivity contribution is -0.150. The Kier molecular flexibility index (Phi) is 5.45. The van der Waals surface area contributed by atoms with Crippen LogP contribution in [0.5, 0.6) is 0 Å². The first-order chi connectivity index (χ1) is 12.1. The van der Waals surface area contributed by atoms with Crippen LogP contribution in [0.1, 0.15) is 49.2 Å². The van der Waals surface area contributed by atoms with Gasteiger partial charge in [-0.25, -0.2) is 4.98 Å². The van der Waals surface area contributed by atoms with E-state index in [2.05, 4.69) is 15.2 Å². The Hall–Kier alpha value is -2.25. The Balaban J connectivity index is 1.72. The normalized spacial score (nSPS) is 19.2. The number of ether oxygens (including phenoxy) is 2. The molecule has 1 aliphatic rings. The van der Waals surface area contributed by atoms with E-state index in [0.29, 0.717) is 25.5 Å². The van der Waals surface area contributed by atoms with E-state index in [9.17, 15) is 4.79 Å². The lowest BCUT2D eigenvalue weighted by atomic mass is 10.1. The average molecular weight is 344 g/mol. The fourth-order valence-electron chi connectivity index (χ4n) is 2.88.